The third-order valence-corrected chi connectivity index (χ3v) is 2.73. The van der Waals surface area contributed by atoms with E-state index in [2.05, 4.69) is 25.0 Å². The second-order valence-electron chi connectivity index (χ2n) is 3.79. The Hall–Kier alpha value is -1.22. The van der Waals surface area contributed by atoms with Gasteiger partial charge in [0.2, 0.25) is 0 Å². The lowest BCUT2D eigenvalue weighted by Gasteiger charge is -2.07. The van der Waals surface area contributed by atoms with Gasteiger partial charge in [0.25, 0.3) is 0 Å². The number of rotatable bonds is 1. The minimum absolute atomic E-state index is 0.437. The van der Waals surface area contributed by atoms with Crippen LogP contribution in [0.2, 0.25) is 0 Å². The highest BCUT2D eigenvalue weighted by Gasteiger charge is 2.38. The quantitative estimate of drug-likeness (QED) is 0.548. The maximum atomic E-state index is 5.33. The molecule has 0 spiro atoms. The van der Waals surface area contributed by atoms with E-state index in [1.807, 2.05) is 12.1 Å². The second-order valence-corrected chi connectivity index (χ2v) is 3.79. The molecular weight excluding hydrogens is 144 g/mol. The molecule has 0 heteroatoms. The van der Waals surface area contributed by atoms with E-state index in [4.69, 9.17) is 6.42 Å². The fraction of sp³-hybridized carbons (Fsp3) is 0.333. The van der Waals surface area contributed by atoms with Gasteiger partial charge in [0.1, 0.15) is 0 Å². The van der Waals surface area contributed by atoms with Crippen molar-refractivity contribution in [1.29, 1.82) is 0 Å². The van der Waals surface area contributed by atoms with E-state index < -0.39 is 0 Å². The molecule has 0 heterocycles. The monoisotopic (exact) mass is 156 g/mol. The van der Waals surface area contributed by atoms with Crippen LogP contribution >= 0.6 is 0 Å². The van der Waals surface area contributed by atoms with Crippen LogP contribution in [-0.2, 0) is 5.41 Å². The van der Waals surface area contributed by atoms with Gasteiger partial charge in [-0.25, -0.2) is 0 Å². The van der Waals surface area contributed by atoms with E-state index in [9.17, 15) is 0 Å². The van der Waals surface area contributed by atoms with Crippen molar-refractivity contribution >= 4 is 0 Å². The first-order chi connectivity index (χ1) is 5.74. The van der Waals surface area contributed by atoms with Gasteiger partial charge in [-0.05, 0) is 36.0 Å². The minimum atomic E-state index is 0.437. The molecule has 0 amide bonds. The van der Waals surface area contributed by atoms with Gasteiger partial charge in [-0.15, -0.1) is 6.42 Å². The highest BCUT2D eigenvalue weighted by atomic mass is 14.4. The predicted octanol–water partition coefficient (Wildman–Crippen LogP) is 2.72. The molecule has 12 heavy (non-hydrogen) atoms. The van der Waals surface area contributed by atoms with Crippen LogP contribution in [0.3, 0.4) is 0 Å². The van der Waals surface area contributed by atoms with Crippen LogP contribution in [0.1, 0.15) is 30.9 Å². The molecule has 0 aromatic heterocycles. The summed E-state index contributed by atoms with van der Waals surface area (Å²) < 4.78 is 0. The van der Waals surface area contributed by atoms with Crippen molar-refractivity contribution in [2.45, 2.75) is 25.2 Å². The SMILES string of the molecule is C#Cc1cccc(C2(C)CC2)c1. The molecule has 1 fully saturated rings. The number of benzene rings is 1. The molecule has 0 atom stereocenters. The summed E-state index contributed by atoms with van der Waals surface area (Å²) >= 11 is 0. The molecule has 0 bridgehead atoms. The summed E-state index contributed by atoms with van der Waals surface area (Å²) in [6.07, 6.45) is 7.95. The van der Waals surface area contributed by atoms with Crippen molar-refractivity contribution in [3.05, 3.63) is 35.4 Å². The molecule has 0 unspecified atom stereocenters. The molecule has 1 aromatic carbocycles. The lowest BCUT2D eigenvalue weighted by molar-refractivity contribution is 0.787. The fourth-order valence-corrected chi connectivity index (χ4v) is 1.46. The number of hydrogen-bond acceptors (Lipinski definition) is 0. The van der Waals surface area contributed by atoms with Gasteiger partial charge in [-0.3, -0.25) is 0 Å². The van der Waals surface area contributed by atoms with E-state index >= 15 is 0 Å². The van der Waals surface area contributed by atoms with E-state index in [1.54, 1.807) is 0 Å². The molecule has 0 radical (unpaired) electrons. The Balaban J connectivity index is 2.40. The average molecular weight is 156 g/mol. The zero-order valence-corrected chi connectivity index (χ0v) is 7.30. The summed E-state index contributed by atoms with van der Waals surface area (Å²) in [6.45, 7) is 2.29. The maximum Gasteiger partial charge on any atom is 0.0245 e. The summed E-state index contributed by atoms with van der Waals surface area (Å²) in [5.74, 6) is 2.67. The first-order valence-corrected chi connectivity index (χ1v) is 4.32. The predicted molar refractivity (Wildman–Crippen MR) is 51.0 cm³/mol. The maximum absolute atomic E-state index is 5.33. The molecule has 0 aliphatic heterocycles. The van der Waals surface area contributed by atoms with Crippen LogP contribution < -0.4 is 0 Å². The van der Waals surface area contributed by atoms with Gasteiger partial charge in [-0.2, -0.15) is 0 Å². The normalized spacial score (nSPS) is 18.3. The van der Waals surface area contributed by atoms with Gasteiger partial charge in [0, 0.05) is 5.56 Å². The topological polar surface area (TPSA) is 0 Å². The van der Waals surface area contributed by atoms with E-state index in [-0.39, 0.29) is 0 Å². The number of hydrogen-bond donors (Lipinski definition) is 0. The molecule has 1 aliphatic carbocycles. The Bertz CT molecular complexity index is 337. The van der Waals surface area contributed by atoms with Crippen LogP contribution in [0.4, 0.5) is 0 Å². The fourth-order valence-electron chi connectivity index (χ4n) is 1.46. The molecule has 1 aromatic rings. The Morgan fingerprint density at radius 2 is 2.17 bits per heavy atom. The summed E-state index contributed by atoms with van der Waals surface area (Å²) in [5.41, 5.74) is 2.84. The Morgan fingerprint density at radius 3 is 2.75 bits per heavy atom. The zero-order valence-electron chi connectivity index (χ0n) is 7.30. The molecule has 60 valence electrons. The first kappa shape index (κ1) is 7.43. The van der Waals surface area contributed by atoms with Crippen molar-refractivity contribution in [2.24, 2.45) is 0 Å². The highest BCUT2D eigenvalue weighted by molar-refractivity contribution is 5.40. The van der Waals surface area contributed by atoms with Crippen molar-refractivity contribution in [2.75, 3.05) is 0 Å². The summed E-state index contributed by atoms with van der Waals surface area (Å²) in [4.78, 5) is 0. The average Bonchev–Trinajstić information content (AvgIpc) is 2.85. The summed E-state index contributed by atoms with van der Waals surface area (Å²) in [6, 6.07) is 8.34. The van der Waals surface area contributed by atoms with Crippen LogP contribution in [-0.4, -0.2) is 0 Å². The molecule has 1 aliphatic rings. The Morgan fingerprint density at radius 1 is 1.42 bits per heavy atom. The summed E-state index contributed by atoms with van der Waals surface area (Å²) in [5, 5.41) is 0. The first-order valence-electron chi connectivity index (χ1n) is 4.32. The number of terminal acetylenes is 1. The smallest absolute Gasteiger partial charge is 0.0245 e. The third-order valence-electron chi connectivity index (χ3n) is 2.73. The van der Waals surface area contributed by atoms with E-state index in [0.29, 0.717) is 5.41 Å². The second kappa shape index (κ2) is 2.38. The van der Waals surface area contributed by atoms with Crippen molar-refractivity contribution in [3.63, 3.8) is 0 Å². The van der Waals surface area contributed by atoms with Gasteiger partial charge < -0.3 is 0 Å². The van der Waals surface area contributed by atoms with Gasteiger partial charge in [0.15, 0.2) is 0 Å². The highest BCUT2D eigenvalue weighted by Crippen LogP contribution is 2.47. The largest absolute Gasteiger partial charge is 0.115 e. The molecule has 0 nitrogen and oxygen atoms in total. The van der Waals surface area contributed by atoms with Crippen LogP contribution in [0.5, 0.6) is 0 Å². The van der Waals surface area contributed by atoms with Crippen molar-refractivity contribution in [1.82, 2.24) is 0 Å². The Kier molecular flexibility index (Phi) is 1.48. The van der Waals surface area contributed by atoms with E-state index in [0.717, 1.165) is 5.56 Å². The third kappa shape index (κ3) is 1.12. The zero-order chi connectivity index (χ0) is 8.60. The van der Waals surface area contributed by atoms with Gasteiger partial charge in [0.05, 0.1) is 0 Å². The minimum Gasteiger partial charge on any atom is -0.115 e. The summed E-state index contributed by atoms with van der Waals surface area (Å²) in [7, 11) is 0. The van der Waals surface area contributed by atoms with Crippen molar-refractivity contribution < 1.29 is 0 Å². The van der Waals surface area contributed by atoms with Crippen molar-refractivity contribution in [3.8, 4) is 12.3 Å². The molecule has 0 saturated heterocycles. The lowest BCUT2D eigenvalue weighted by atomic mass is 9.97. The van der Waals surface area contributed by atoms with Gasteiger partial charge in [-0.1, -0.05) is 25.0 Å². The standard InChI is InChI=1S/C12H12/c1-3-10-5-4-6-11(9-10)12(2)7-8-12/h1,4-6,9H,7-8H2,2H3. The van der Waals surface area contributed by atoms with E-state index in [1.165, 1.54) is 18.4 Å². The van der Waals surface area contributed by atoms with Crippen LogP contribution in [0, 0.1) is 12.3 Å². The van der Waals surface area contributed by atoms with Crippen LogP contribution in [0.15, 0.2) is 24.3 Å². The molecular formula is C12H12. The molecule has 0 N–H and O–H groups in total. The Labute approximate surface area is 73.6 Å². The van der Waals surface area contributed by atoms with Crippen LogP contribution in [0.25, 0.3) is 0 Å². The molecule has 2 rings (SSSR count). The lowest BCUT2D eigenvalue weighted by Crippen LogP contribution is -1.99. The van der Waals surface area contributed by atoms with Gasteiger partial charge >= 0.3 is 0 Å². The molecule has 1 saturated carbocycles.